The van der Waals surface area contributed by atoms with E-state index in [9.17, 15) is 0 Å². The third kappa shape index (κ3) is 4.23. The van der Waals surface area contributed by atoms with E-state index in [0.717, 1.165) is 24.7 Å². The van der Waals surface area contributed by atoms with Gasteiger partial charge in [-0.2, -0.15) is 4.98 Å². The Kier molecular flexibility index (Phi) is 5.32. The van der Waals surface area contributed by atoms with E-state index in [1.54, 1.807) is 6.20 Å². The lowest BCUT2D eigenvalue weighted by Gasteiger charge is -2.14. The zero-order chi connectivity index (χ0) is 12.0. The van der Waals surface area contributed by atoms with Gasteiger partial charge in [0.2, 0.25) is 5.95 Å². The second kappa shape index (κ2) is 6.53. The first-order chi connectivity index (χ1) is 7.63. The van der Waals surface area contributed by atoms with Crippen molar-refractivity contribution < 1.29 is 0 Å². The summed E-state index contributed by atoms with van der Waals surface area (Å²) in [6, 6.07) is 1.88. The Labute approximate surface area is 102 Å². The van der Waals surface area contributed by atoms with Gasteiger partial charge in [0.15, 0.2) is 0 Å². The highest BCUT2D eigenvalue weighted by Crippen LogP contribution is 2.10. The van der Waals surface area contributed by atoms with Crippen molar-refractivity contribution >= 4 is 23.4 Å². The first-order valence-electron chi connectivity index (χ1n) is 5.43. The van der Waals surface area contributed by atoms with Crippen LogP contribution in [0, 0.1) is 5.92 Å². The van der Waals surface area contributed by atoms with E-state index < -0.39 is 0 Å². The normalized spacial score (nSPS) is 12.2. The highest BCUT2D eigenvalue weighted by Gasteiger charge is 2.03. The summed E-state index contributed by atoms with van der Waals surface area (Å²) in [6.07, 6.45) is 2.77. The van der Waals surface area contributed by atoms with Gasteiger partial charge < -0.3 is 10.2 Å². The average molecular weight is 243 g/mol. The number of hydrogen-bond acceptors (Lipinski definition) is 4. The maximum Gasteiger partial charge on any atom is 0.226 e. The SMILES string of the molecule is CC(CCCl)CNc1ccnc(N(C)C)n1. The van der Waals surface area contributed by atoms with Crippen LogP contribution in [0.1, 0.15) is 13.3 Å². The molecule has 0 amide bonds. The Morgan fingerprint density at radius 2 is 2.25 bits per heavy atom. The van der Waals surface area contributed by atoms with Crippen LogP contribution in [-0.2, 0) is 0 Å². The lowest BCUT2D eigenvalue weighted by atomic mass is 10.1. The van der Waals surface area contributed by atoms with Crippen LogP contribution in [0.3, 0.4) is 0 Å². The highest BCUT2D eigenvalue weighted by molar-refractivity contribution is 6.17. The molecule has 1 N–H and O–H groups in total. The summed E-state index contributed by atoms with van der Waals surface area (Å²) >= 11 is 5.68. The second-order valence-electron chi connectivity index (χ2n) is 4.10. The number of anilines is 2. The molecule has 0 fully saturated rings. The minimum Gasteiger partial charge on any atom is -0.370 e. The van der Waals surface area contributed by atoms with Gasteiger partial charge in [-0.1, -0.05) is 6.92 Å². The zero-order valence-corrected chi connectivity index (χ0v) is 10.8. The van der Waals surface area contributed by atoms with Crippen LogP contribution in [0.2, 0.25) is 0 Å². The Balaban J connectivity index is 2.50. The molecule has 1 atom stereocenters. The van der Waals surface area contributed by atoms with Crippen LogP contribution in [0.15, 0.2) is 12.3 Å². The maximum absolute atomic E-state index is 5.68. The summed E-state index contributed by atoms with van der Waals surface area (Å²) in [4.78, 5) is 10.4. The van der Waals surface area contributed by atoms with Crippen LogP contribution >= 0.6 is 11.6 Å². The molecule has 0 saturated heterocycles. The van der Waals surface area contributed by atoms with Gasteiger partial charge in [0.1, 0.15) is 5.82 Å². The standard InChI is InChI=1S/C11H19ClN4/c1-9(4-6-12)8-14-10-5-7-13-11(15-10)16(2)3/h5,7,9H,4,6,8H2,1-3H3,(H,13,14,15). The zero-order valence-electron chi connectivity index (χ0n) is 10.1. The fraction of sp³-hybridized carbons (Fsp3) is 0.636. The van der Waals surface area contributed by atoms with Crippen molar-refractivity contribution in [3.05, 3.63) is 12.3 Å². The van der Waals surface area contributed by atoms with Crippen molar-refractivity contribution in [1.29, 1.82) is 0 Å². The smallest absolute Gasteiger partial charge is 0.226 e. The van der Waals surface area contributed by atoms with E-state index in [-0.39, 0.29) is 0 Å². The molecule has 0 aliphatic rings. The molecule has 1 aromatic heterocycles. The predicted octanol–water partition coefficient (Wildman–Crippen LogP) is 2.22. The summed E-state index contributed by atoms with van der Waals surface area (Å²) in [5, 5.41) is 3.29. The molecule has 16 heavy (non-hydrogen) atoms. The fourth-order valence-corrected chi connectivity index (χ4v) is 1.60. The number of hydrogen-bond donors (Lipinski definition) is 1. The minimum absolute atomic E-state index is 0.551. The Bertz CT molecular complexity index is 317. The quantitative estimate of drug-likeness (QED) is 0.777. The molecule has 1 rings (SSSR count). The van der Waals surface area contributed by atoms with Gasteiger partial charge >= 0.3 is 0 Å². The minimum atomic E-state index is 0.551. The Morgan fingerprint density at radius 3 is 2.88 bits per heavy atom. The molecule has 1 unspecified atom stereocenters. The number of nitrogens with zero attached hydrogens (tertiary/aromatic N) is 3. The molecule has 0 radical (unpaired) electrons. The lowest BCUT2D eigenvalue weighted by Crippen LogP contribution is -2.16. The molecule has 0 bridgehead atoms. The number of alkyl halides is 1. The number of nitrogens with one attached hydrogen (secondary N) is 1. The predicted molar refractivity (Wildman–Crippen MR) is 69.3 cm³/mol. The molecule has 0 spiro atoms. The van der Waals surface area contributed by atoms with Crippen LogP contribution < -0.4 is 10.2 Å². The van der Waals surface area contributed by atoms with Crippen molar-refractivity contribution in [1.82, 2.24) is 9.97 Å². The van der Waals surface area contributed by atoms with E-state index >= 15 is 0 Å². The van der Waals surface area contributed by atoms with Crippen molar-refractivity contribution in [2.45, 2.75) is 13.3 Å². The third-order valence-electron chi connectivity index (χ3n) is 2.28. The molecule has 0 aromatic carbocycles. The molecular weight excluding hydrogens is 224 g/mol. The topological polar surface area (TPSA) is 41.1 Å². The largest absolute Gasteiger partial charge is 0.370 e. The molecule has 4 nitrogen and oxygen atoms in total. The molecular formula is C11H19ClN4. The van der Waals surface area contributed by atoms with Crippen molar-refractivity contribution in [2.75, 3.05) is 36.7 Å². The highest BCUT2D eigenvalue weighted by atomic mass is 35.5. The summed E-state index contributed by atoms with van der Waals surface area (Å²) < 4.78 is 0. The molecule has 1 heterocycles. The van der Waals surface area contributed by atoms with Crippen LogP contribution in [0.25, 0.3) is 0 Å². The third-order valence-corrected chi connectivity index (χ3v) is 2.49. The first-order valence-corrected chi connectivity index (χ1v) is 5.97. The fourth-order valence-electron chi connectivity index (χ4n) is 1.23. The van der Waals surface area contributed by atoms with Crippen LogP contribution in [-0.4, -0.2) is 36.5 Å². The molecule has 0 aliphatic carbocycles. The van der Waals surface area contributed by atoms with Gasteiger partial charge in [-0.15, -0.1) is 11.6 Å². The van der Waals surface area contributed by atoms with Gasteiger partial charge in [-0.05, 0) is 18.4 Å². The van der Waals surface area contributed by atoms with E-state index in [1.165, 1.54) is 0 Å². The molecule has 5 heteroatoms. The maximum atomic E-state index is 5.68. The van der Waals surface area contributed by atoms with Crippen LogP contribution in [0.4, 0.5) is 11.8 Å². The monoisotopic (exact) mass is 242 g/mol. The average Bonchev–Trinajstić information content (AvgIpc) is 2.27. The van der Waals surface area contributed by atoms with E-state index in [4.69, 9.17) is 11.6 Å². The molecule has 0 saturated carbocycles. The van der Waals surface area contributed by atoms with Crippen LogP contribution in [0.5, 0.6) is 0 Å². The first kappa shape index (κ1) is 13.0. The summed E-state index contributed by atoms with van der Waals surface area (Å²) in [6.45, 7) is 3.06. The summed E-state index contributed by atoms with van der Waals surface area (Å²) in [5.74, 6) is 2.83. The van der Waals surface area contributed by atoms with Crippen molar-refractivity contribution in [3.63, 3.8) is 0 Å². The van der Waals surface area contributed by atoms with Gasteiger partial charge in [-0.25, -0.2) is 4.98 Å². The van der Waals surface area contributed by atoms with Crippen molar-refractivity contribution in [3.8, 4) is 0 Å². The Hall–Kier alpha value is -1.03. The second-order valence-corrected chi connectivity index (χ2v) is 4.48. The van der Waals surface area contributed by atoms with Gasteiger partial charge in [-0.3, -0.25) is 0 Å². The molecule has 90 valence electrons. The number of halogens is 1. The molecule has 1 aromatic rings. The van der Waals surface area contributed by atoms with Gasteiger partial charge in [0.25, 0.3) is 0 Å². The van der Waals surface area contributed by atoms with E-state index in [1.807, 2.05) is 25.1 Å². The van der Waals surface area contributed by atoms with Gasteiger partial charge in [0.05, 0.1) is 0 Å². The van der Waals surface area contributed by atoms with E-state index in [2.05, 4.69) is 22.2 Å². The lowest BCUT2D eigenvalue weighted by molar-refractivity contribution is 0.596. The Morgan fingerprint density at radius 1 is 1.50 bits per heavy atom. The van der Waals surface area contributed by atoms with Gasteiger partial charge in [0, 0.05) is 32.7 Å². The number of aromatic nitrogens is 2. The number of rotatable bonds is 6. The summed E-state index contributed by atoms with van der Waals surface area (Å²) in [7, 11) is 3.85. The van der Waals surface area contributed by atoms with E-state index in [0.29, 0.717) is 11.8 Å². The molecule has 0 aliphatic heterocycles. The van der Waals surface area contributed by atoms with Crippen molar-refractivity contribution in [2.24, 2.45) is 5.92 Å². The summed E-state index contributed by atoms with van der Waals surface area (Å²) in [5.41, 5.74) is 0.